The molecule has 1 N–H and O–H groups in total. The summed E-state index contributed by atoms with van der Waals surface area (Å²) in [5, 5.41) is 4.31. The molecule has 94 valence electrons. The lowest BCUT2D eigenvalue weighted by Crippen LogP contribution is -2.01. The van der Waals surface area contributed by atoms with Crippen LogP contribution in [0.25, 0.3) is 0 Å². The molecule has 0 radical (unpaired) electrons. The summed E-state index contributed by atoms with van der Waals surface area (Å²) in [6.45, 7) is 2.00. The van der Waals surface area contributed by atoms with Gasteiger partial charge in [0.15, 0.2) is 0 Å². The van der Waals surface area contributed by atoms with E-state index in [0.717, 1.165) is 22.1 Å². The van der Waals surface area contributed by atoms with E-state index >= 15 is 0 Å². The van der Waals surface area contributed by atoms with Gasteiger partial charge < -0.3 is 5.32 Å². The van der Waals surface area contributed by atoms with Gasteiger partial charge in [0.25, 0.3) is 0 Å². The van der Waals surface area contributed by atoms with Crippen LogP contribution < -0.4 is 5.32 Å². The molecule has 3 nitrogen and oxygen atoms in total. The Morgan fingerprint density at radius 1 is 1.28 bits per heavy atom. The normalized spacial score (nSPS) is 10.4. The first-order valence-electron chi connectivity index (χ1n) is 5.34. The van der Waals surface area contributed by atoms with Crippen molar-refractivity contribution in [3.8, 4) is 0 Å². The zero-order chi connectivity index (χ0) is 13.1. The van der Waals surface area contributed by atoms with E-state index in [1.54, 1.807) is 0 Å². The van der Waals surface area contributed by atoms with Crippen LogP contribution in [0, 0.1) is 0 Å². The van der Waals surface area contributed by atoms with E-state index in [2.05, 4.69) is 31.2 Å². The number of hydrogen-bond acceptors (Lipinski definition) is 3. The predicted octanol–water partition coefficient (Wildman–Crippen LogP) is 4.85. The van der Waals surface area contributed by atoms with Crippen molar-refractivity contribution in [3.05, 3.63) is 44.7 Å². The molecule has 0 aliphatic heterocycles. The van der Waals surface area contributed by atoms with Crippen LogP contribution in [0.3, 0.4) is 0 Å². The van der Waals surface area contributed by atoms with Crippen molar-refractivity contribution in [2.24, 2.45) is 0 Å². The Labute approximate surface area is 124 Å². The highest BCUT2D eigenvalue weighted by Gasteiger charge is 2.10. The maximum absolute atomic E-state index is 6.04. The zero-order valence-corrected chi connectivity index (χ0v) is 12.6. The largest absolute Gasteiger partial charge is 0.339 e. The zero-order valence-electron chi connectivity index (χ0n) is 9.54. The molecule has 2 rings (SSSR count). The van der Waals surface area contributed by atoms with Crippen LogP contribution in [0.4, 0.5) is 11.5 Å². The van der Waals surface area contributed by atoms with Gasteiger partial charge in [-0.2, -0.15) is 0 Å². The third kappa shape index (κ3) is 2.76. The molecule has 18 heavy (non-hydrogen) atoms. The van der Waals surface area contributed by atoms with Crippen LogP contribution in [0.15, 0.2) is 29.0 Å². The maximum atomic E-state index is 6.04. The lowest BCUT2D eigenvalue weighted by atomic mass is 10.2. The molecule has 0 unspecified atom stereocenters. The predicted molar refractivity (Wildman–Crippen MR) is 78.9 cm³/mol. The summed E-state index contributed by atoms with van der Waals surface area (Å²) >= 11 is 15.5. The average molecular weight is 347 g/mol. The second-order valence-corrected chi connectivity index (χ2v) is 5.13. The molecule has 0 saturated heterocycles. The van der Waals surface area contributed by atoms with Gasteiger partial charge in [0.05, 0.1) is 15.2 Å². The number of hydrogen-bond donors (Lipinski definition) is 1. The highest BCUT2D eigenvalue weighted by Crippen LogP contribution is 2.33. The van der Waals surface area contributed by atoms with E-state index < -0.39 is 0 Å². The van der Waals surface area contributed by atoms with Gasteiger partial charge in [0.1, 0.15) is 17.3 Å². The van der Waals surface area contributed by atoms with Crippen molar-refractivity contribution in [2.45, 2.75) is 13.3 Å². The monoisotopic (exact) mass is 345 g/mol. The molecule has 0 amide bonds. The number of aromatic nitrogens is 2. The standard InChI is InChI=1S/C12H10BrCl2N3/c1-2-7-11(15)16-6-17-12(7)18-9-5-3-4-8(14)10(9)13/h3-6H,2H2,1H3,(H,16,17,18). The number of halogens is 3. The van der Waals surface area contributed by atoms with Crippen molar-refractivity contribution < 1.29 is 0 Å². The van der Waals surface area contributed by atoms with Gasteiger partial charge in [-0.25, -0.2) is 9.97 Å². The van der Waals surface area contributed by atoms with E-state index in [1.807, 2.05) is 25.1 Å². The Bertz CT molecular complexity index is 575. The molecular formula is C12H10BrCl2N3. The van der Waals surface area contributed by atoms with Crippen LogP contribution in [-0.2, 0) is 6.42 Å². The fourth-order valence-corrected chi connectivity index (χ4v) is 2.34. The minimum Gasteiger partial charge on any atom is -0.339 e. The molecule has 1 aromatic carbocycles. The average Bonchev–Trinajstić information content (AvgIpc) is 2.35. The van der Waals surface area contributed by atoms with E-state index in [0.29, 0.717) is 16.0 Å². The maximum Gasteiger partial charge on any atom is 0.138 e. The summed E-state index contributed by atoms with van der Waals surface area (Å²) in [5.74, 6) is 0.695. The van der Waals surface area contributed by atoms with Gasteiger partial charge in [0.2, 0.25) is 0 Å². The number of benzene rings is 1. The lowest BCUT2D eigenvalue weighted by molar-refractivity contribution is 1.05. The third-order valence-corrected chi connectivity index (χ3v) is 4.17. The van der Waals surface area contributed by atoms with E-state index in [4.69, 9.17) is 23.2 Å². The van der Waals surface area contributed by atoms with Gasteiger partial charge >= 0.3 is 0 Å². The first kappa shape index (κ1) is 13.6. The van der Waals surface area contributed by atoms with Crippen LogP contribution in [0.5, 0.6) is 0 Å². The van der Waals surface area contributed by atoms with E-state index in [-0.39, 0.29) is 0 Å². The second-order valence-electron chi connectivity index (χ2n) is 3.57. The lowest BCUT2D eigenvalue weighted by Gasteiger charge is -2.12. The number of nitrogens with zero attached hydrogens (tertiary/aromatic N) is 2. The molecule has 0 bridgehead atoms. The van der Waals surface area contributed by atoms with Gasteiger partial charge in [-0.05, 0) is 34.5 Å². The number of nitrogens with one attached hydrogen (secondary N) is 1. The highest BCUT2D eigenvalue weighted by molar-refractivity contribution is 9.10. The molecular weight excluding hydrogens is 337 g/mol. The third-order valence-electron chi connectivity index (χ3n) is 2.45. The SMILES string of the molecule is CCc1c(Cl)ncnc1Nc1cccc(Cl)c1Br. The Morgan fingerprint density at radius 2 is 2.06 bits per heavy atom. The molecule has 1 heterocycles. The van der Waals surface area contributed by atoms with Gasteiger partial charge in [-0.3, -0.25) is 0 Å². The van der Waals surface area contributed by atoms with Crippen molar-refractivity contribution >= 4 is 50.6 Å². The fourth-order valence-electron chi connectivity index (χ4n) is 1.54. The minimum atomic E-state index is 0.466. The summed E-state index contributed by atoms with van der Waals surface area (Å²) in [4.78, 5) is 8.17. The van der Waals surface area contributed by atoms with Crippen LogP contribution in [-0.4, -0.2) is 9.97 Å². The quantitative estimate of drug-likeness (QED) is 0.807. The van der Waals surface area contributed by atoms with Gasteiger partial charge in [0, 0.05) is 5.56 Å². The molecule has 2 aromatic rings. The van der Waals surface area contributed by atoms with E-state index in [9.17, 15) is 0 Å². The molecule has 0 atom stereocenters. The van der Waals surface area contributed by atoms with Crippen molar-refractivity contribution in [3.63, 3.8) is 0 Å². The first-order chi connectivity index (χ1) is 8.63. The molecule has 0 fully saturated rings. The second kappa shape index (κ2) is 5.87. The summed E-state index contributed by atoms with van der Waals surface area (Å²) in [5.41, 5.74) is 1.72. The molecule has 6 heteroatoms. The van der Waals surface area contributed by atoms with Gasteiger partial charge in [-0.15, -0.1) is 0 Å². The number of anilines is 2. The Kier molecular flexibility index (Phi) is 4.43. The summed E-state index contributed by atoms with van der Waals surface area (Å²) in [6, 6.07) is 5.58. The van der Waals surface area contributed by atoms with E-state index in [1.165, 1.54) is 6.33 Å². The van der Waals surface area contributed by atoms with Crippen molar-refractivity contribution in [1.82, 2.24) is 9.97 Å². The smallest absolute Gasteiger partial charge is 0.138 e. The molecule has 0 spiro atoms. The molecule has 0 saturated carbocycles. The summed E-state index contributed by atoms with van der Waals surface area (Å²) in [6.07, 6.45) is 2.18. The first-order valence-corrected chi connectivity index (χ1v) is 6.88. The number of rotatable bonds is 3. The fraction of sp³-hybridized carbons (Fsp3) is 0.167. The Morgan fingerprint density at radius 3 is 2.78 bits per heavy atom. The Hall–Kier alpha value is -0.840. The van der Waals surface area contributed by atoms with Crippen LogP contribution in [0.2, 0.25) is 10.2 Å². The molecule has 0 aliphatic rings. The Balaban J connectivity index is 2.40. The minimum absolute atomic E-state index is 0.466. The topological polar surface area (TPSA) is 37.8 Å². The molecule has 1 aromatic heterocycles. The van der Waals surface area contributed by atoms with Crippen LogP contribution >= 0.6 is 39.1 Å². The van der Waals surface area contributed by atoms with Gasteiger partial charge in [-0.1, -0.05) is 36.2 Å². The van der Waals surface area contributed by atoms with Crippen LogP contribution in [0.1, 0.15) is 12.5 Å². The van der Waals surface area contributed by atoms with Crippen molar-refractivity contribution in [1.29, 1.82) is 0 Å². The summed E-state index contributed by atoms with van der Waals surface area (Å²) < 4.78 is 0.795. The molecule has 0 aliphatic carbocycles. The van der Waals surface area contributed by atoms with Crippen molar-refractivity contribution in [2.75, 3.05) is 5.32 Å². The highest BCUT2D eigenvalue weighted by atomic mass is 79.9. The summed E-state index contributed by atoms with van der Waals surface area (Å²) in [7, 11) is 0.